The number of carbonyl (C=O) groups excluding carboxylic acids is 1. The van der Waals surface area contributed by atoms with Crippen LogP contribution in [0.3, 0.4) is 0 Å². The van der Waals surface area contributed by atoms with Crippen molar-refractivity contribution < 1.29 is 19.4 Å². The molecule has 1 saturated carbocycles. The van der Waals surface area contributed by atoms with E-state index in [9.17, 15) is 9.59 Å². The van der Waals surface area contributed by atoms with Gasteiger partial charge in [-0.25, -0.2) is 4.79 Å². The van der Waals surface area contributed by atoms with Crippen molar-refractivity contribution in [3.8, 4) is 0 Å². The molecule has 3 N–H and O–H groups in total. The summed E-state index contributed by atoms with van der Waals surface area (Å²) in [6.45, 7) is 3.34. The van der Waals surface area contributed by atoms with Crippen LogP contribution in [0.15, 0.2) is 0 Å². The van der Waals surface area contributed by atoms with Crippen LogP contribution in [0.2, 0.25) is 0 Å². The fourth-order valence-corrected chi connectivity index (χ4v) is 2.92. The van der Waals surface area contributed by atoms with Crippen LogP contribution in [0.1, 0.15) is 32.6 Å². The van der Waals surface area contributed by atoms with E-state index in [1.807, 2.05) is 6.92 Å². The minimum absolute atomic E-state index is 0.179. The molecule has 0 spiro atoms. The number of hydrogen-bond acceptors (Lipinski definition) is 3. The van der Waals surface area contributed by atoms with E-state index in [-0.39, 0.29) is 18.2 Å². The first-order chi connectivity index (χ1) is 9.08. The van der Waals surface area contributed by atoms with Gasteiger partial charge in [0.05, 0.1) is 12.0 Å². The van der Waals surface area contributed by atoms with Crippen molar-refractivity contribution in [2.45, 2.75) is 44.8 Å². The SMILES string of the molecule is CC1OCCC1CNC(=O)NC1CCCC1C(=O)O. The highest BCUT2D eigenvalue weighted by Crippen LogP contribution is 2.25. The van der Waals surface area contributed by atoms with Gasteiger partial charge in [0, 0.05) is 25.1 Å². The van der Waals surface area contributed by atoms with E-state index in [0.29, 0.717) is 18.9 Å². The van der Waals surface area contributed by atoms with Crippen molar-refractivity contribution in [2.24, 2.45) is 11.8 Å². The molecule has 0 radical (unpaired) electrons. The lowest BCUT2D eigenvalue weighted by Crippen LogP contribution is -2.46. The second-order valence-electron chi connectivity index (χ2n) is 5.46. The molecule has 0 aromatic carbocycles. The topological polar surface area (TPSA) is 87.7 Å². The number of rotatable bonds is 4. The molecule has 0 bridgehead atoms. The number of carbonyl (C=O) groups is 2. The van der Waals surface area contributed by atoms with Gasteiger partial charge in [0.15, 0.2) is 0 Å². The Balaban J connectivity index is 1.73. The number of carboxylic acid groups (broad SMARTS) is 1. The van der Waals surface area contributed by atoms with Gasteiger partial charge >= 0.3 is 12.0 Å². The third-order valence-corrected chi connectivity index (χ3v) is 4.21. The number of nitrogens with one attached hydrogen (secondary N) is 2. The maximum Gasteiger partial charge on any atom is 0.315 e. The molecule has 1 heterocycles. The molecule has 0 aromatic rings. The molecule has 0 aromatic heterocycles. The van der Waals surface area contributed by atoms with Crippen molar-refractivity contribution in [1.82, 2.24) is 10.6 Å². The molecule has 1 aliphatic heterocycles. The molecule has 2 aliphatic rings. The first-order valence-corrected chi connectivity index (χ1v) is 6.96. The Labute approximate surface area is 112 Å². The van der Waals surface area contributed by atoms with Gasteiger partial charge in [-0.05, 0) is 26.2 Å². The van der Waals surface area contributed by atoms with Gasteiger partial charge in [-0.1, -0.05) is 6.42 Å². The smallest absolute Gasteiger partial charge is 0.315 e. The normalized spacial score (nSPS) is 34.2. The average Bonchev–Trinajstić information content (AvgIpc) is 2.95. The van der Waals surface area contributed by atoms with E-state index in [1.165, 1.54) is 0 Å². The van der Waals surface area contributed by atoms with Crippen LogP contribution in [-0.2, 0) is 9.53 Å². The summed E-state index contributed by atoms with van der Waals surface area (Å²) in [7, 11) is 0. The first kappa shape index (κ1) is 14.1. The maximum absolute atomic E-state index is 11.8. The summed E-state index contributed by atoms with van der Waals surface area (Å²) in [5.41, 5.74) is 0. The summed E-state index contributed by atoms with van der Waals surface area (Å²) in [6.07, 6.45) is 3.39. The van der Waals surface area contributed by atoms with E-state index in [2.05, 4.69) is 10.6 Å². The largest absolute Gasteiger partial charge is 0.481 e. The molecule has 108 valence electrons. The molecule has 19 heavy (non-hydrogen) atoms. The standard InChI is InChI=1S/C13H22N2O4/c1-8-9(5-6-19-8)7-14-13(18)15-11-4-2-3-10(11)12(16)17/h8-11H,2-7H2,1H3,(H,16,17)(H2,14,15,18). The summed E-state index contributed by atoms with van der Waals surface area (Å²) >= 11 is 0. The quantitative estimate of drug-likeness (QED) is 0.710. The predicted molar refractivity (Wildman–Crippen MR) is 68.8 cm³/mol. The molecule has 1 saturated heterocycles. The minimum atomic E-state index is -0.819. The average molecular weight is 270 g/mol. The Kier molecular flexibility index (Phi) is 4.63. The van der Waals surface area contributed by atoms with Gasteiger partial charge in [0.1, 0.15) is 0 Å². The molecule has 2 amide bonds. The van der Waals surface area contributed by atoms with Crippen LogP contribution < -0.4 is 10.6 Å². The number of hydrogen-bond donors (Lipinski definition) is 3. The number of urea groups is 1. The van der Waals surface area contributed by atoms with Gasteiger partial charge in [-0.3, -0.25) is 4.79 Å². The van der Waals surface area contributed by atoms with Crippen LogP contribution in [0.5, 0.6) is 0 Å². The second kappa shape index (κ2) is 6.23. The monoisotopic (exact) mass is 270 g/mol. The highest BCUT2D eigenvalue weighted by Gasteiger charge is 2.34. The van der Waals surface area contributed by atoms with E-state index >= 15 is 0 Å². The second-order valence-corrected chi connectivity index (χ2v) is 5.46. The van der Waals surface area contributed by atoms with Gasteiger partial charge in [0.25, 0.3) is 0 Å². The van der Waals surface area contributed by atoms with Crippen LogP contribution in [-0.4, -0.2) is 42.4 Å². The fourth-order valence-electron chi connectivity index (χ4n) is 2.92. The van der Waals surface area contributed by atoms with Crippen molar-refractivity contribution in [3.05, 3.63) is 0 Å². The predicted octanol–water partition coefficient (Wildman–Crippen LogP) is 0.964. The molecule has 2 fully saturated rings. The van der Waals surface area contributed by atoms with Crippen LogP contribution >= 0.6 is 0 Å². The van der Waals surface area contributed by atoms with E-state index in [1.54, 1.807) is 0 Å². The van der Waals surface area contributed by atoms with Crippen LogP contribution in [0, 0.1) is 11.8 Å². The Morgan fingerprint density at radius 2 is 2.11 bits per heavy atom. The van der Waals surface area contributed by atoms with E-state index in [0.717, 1.165) is 25.9 Å². The molecule has 1 aliphatic carbocycles. The summed E-state index contributed by atoms with van der Waals surface area (Å²) in [5, 5.41) is 14.6. The third kappa shape index (κ3) is 3.59. The molecule has 2 rings (SSSR count). The number of carboxylic acids is 1. The van der Waals surface area contributed by atoms with Gasteiger partial charge < -0.3 is 20.5 Å². The minimum Gasteiger partial charge on any atom is -0.481 e. The lowest BCUT2D eigenvalue weighted by Gasteiger charge is -2.20. The summed E-state index contributed by atoms with van der Waals surface area (Å²) in [5.74, 6) is -0.912. The molecule has 4 atom stereocenters. The fraction of sp³-hybridized carbons (Fsp3) is 0.846. The molecule has 4 unspecified atom stereocenters. The van der Waals surface area contributed by atoms with Crippen molar-refractivity contribution in [3.63, 3.8) is 0 Å². The van der Waals surface area contributed by atoms with E-state index in [4.69, 9.17) is 9.84 Å². The van der Waals surface area contributed by atoms with E-state index < -0.39 is 11.9 Å². The third-order valence-electron chi connectivity index (χ3n) is 4.21. The summed E-state index contributed by atoms with van der Waals surface area (Å²) < 4.78 is 5.43. The Hall–Kier alpha value is -1.30. The zero-order valence-electron chi connectivity index (χ0n) is 11.2. The van der Waals surface area contributed by atoms with Crippen LogP contribution in [0.4, 0.5) is 4.79 Å². The van der Waals surface area contributed by atoms with Crippen molar-refractivity contribution in [2.75, 3.05) is 13.2 Å². The van der Waals surface area contributed by atoms with Gasteiger partial charge in [-0.15, -0.1) is 0 Å². The lowest BCUT2D eigenvalue weighted by molar-refractivity contribution is -0.142. The molecule has 6 nitrogen and oxygen atoms in total. The molecule has 6 heteroatoms. The van der Waals surface area contributed by atoms with Gasteiger partial charge in [0.2, 0.25) is 0 Å². The molecular formula is C13H22N2O4. The Morgan fingerprint density at radius 3 is 2.74 bits per heavy atom. The van der Waals surface area contributed by atoms with Gasteiger partial charge in [-0.2, -0.15) is 0 Å². The van der Waals surface area contributed by atoms with Crippen LogP contribution in [0.25, 0.3) is 0 Å². The number of aliphatic carboxylic acids is 1. The first-order valence-electron chi connectivity index (χ1n) is 6.96. The Bertz CT molecular complexity index is 348. The highest BCUT2D eigenvalue weighted by molar-refractivity contribution is 5.77. The zero-order valence-corrected chi connectivity index (χ0v) is 11.2. The number of amides is 2. The van der Waals surface area contributed by atoms with Crippen molar-refractivity contribution >= 4 is 12.0 Å². The number of ether oxygens (including phenoxy) is 1. The highest BCUT2D eigenvalue weighted by atomic mass is 16.5. The van der Waals surface area contributed by atoms with Crippen molar-refractivity contribution in [1.29, 1.82) is 0 Å². The maximum atomic E-state index is 11.8. The Morgan fingerprint density at radius 1 is 1.32 bits per heavy atom. The molecular weight excluding hydrogens is 248 g/mol. The summed E-state index contributed by atoms with van der Waals surface area (Å²) in [4.78, 5) is 22.8. The zero-order chi connectivity index (χ0) is 13.8. The lowest BCUT2D eigenvalue weighted by atomic mass is 10.0. The summed E-state index contributed by atoms with van der Waals surface area (Å²) in [6, 6.07) is -0.507.